The second kappa shape index (κ2) is 7.27. The van der Waals surface area contributed by atoms with Crippen molar-refractivity contribution in [2.45, 2.75) is 37.8 Å². The molecule has 0 saturated carbocycles. The third-order valence-electron chi connectivity index (χ3n) is 5.96. The first kappa shape index (κ1) is 18.8. The zero-order valence-electron chi connectivity index (χ0n) is 16.1. The number of tetrazole rings is 1. The number of benzene rings is 1. The molecule has 2 unspecified atom stereocenters. The van der Waals surface area contributed by atoms with Gasteiger partial charge in [0.05, 0.1) is 11.6 Å². The average Bonchev–Trinajstić information content (AvgIpc) is 3.41. The average molecular weight is 411 g/mol. The van der Waals surface area contributed by atoms with E-state index >= 15 is 0 Å². The Morgan fingerprint density at radius 3 is 2.67 bits per heavy atom. The number of H-pyrrole nitrogens is 1. The lowest BCUT2D eigenvalue weighted by Crippen LogP contribution is -2.29. The molecule has 0 spiro atoms. The summed E-state index contributed by atoms with van der Waals surface area (Å²) in [5.41, 5.74) is 4.70. The topological polar surface area (TPSA) is 59.4 Å². The van der Waals surface area contributed by atoms with Crippen molar-refractivity contribution in [3.8, 4) is 11.3 Å². The van der Waals surface area contributed by atoms with Gasteiger partial charge in [-0.25, -0.2) is 0 Å². The molecule has 5 rings (SSSR count). The Balaban J connectivity index is 1.58. The molecule has 0 radical (unpaired) electrons. The predicted octanol–water partition coefficient (Wildman–Crippen LogP) is 4.92. The molecule has 0 bridgehead atoms. The van der Waals surface area contributed by atoms with Crippen LogP contribution in [0.1, 0.15) is 35.8 Å². The van der Waals surface area contributed by atoms with Gasteiger partial charge in [0.15, 0.2) is 5.82 Å². The van der Waals surface area contributed by atoms with Gasteiger partial charge in [-0.1, -0.05) is 47.7 Å². The van der Waals surface area contributed by atoms with Crippen molar-refractivity contribution in [2.75, 3.05) is 0 Å². The zero-order valence-corrected chi connectivity index (χ0v) is 16.1. The van der Waals surface area contributed by atoms with Crippen molar-refractivity contribution in [1.82, 2.24) is 25.2 Å². The summed E-state index contributed by atoms with van der Waals surface area (Å²) < 4.78 is 42.3. The van der Waals surface area contributed by atoms with Gasteiger partial charge in [0.2, 0.25) is 0 Å². The van der Waals surface area contributed by atoms with Crippen LogP contribution in [0.2, 0.25) is 0 Å². The third kappa shape index (κ3) is 3.36. The van der Waals surface area contributed by atoms with Crippen LogP contribution in [0.3, 0.4) is 0 Å². The maximum atomic E-state index is 13.4. The van der Waals surface area contributed by atoms with E-state index in [2.05, 4.69) is 25.2 Å². The van der Waals surface area contributed by atoms with Crippen molar-refractivity contribution >= 4 is 5.70 Å². The van der Waals surface area contributed by atoms with E-state index in [0.717, 1.165) is 28.2 Å². The number of allylic oxidation sites excluding steroid dienone is 4. The molecule has 2 aromatic heterocycles. The summed E-state index contributed by atoms with van der Waals surface area (Å²) in [5, 5.41) is 14.3. The minimum Gasteiger partial charge on any atom is -0.317 e. The van der Waals surface area contributed by atoms with Crippen molar-refractivity contribution in [3.05, 3.63) is 71.7 Å². The van der Waals surface area contributed by atoms with Crippen LogP contribution in [-0.2, 0) is 12.8 Å². The first-order chi connectivity index (χ1) is 14.5. The minimum atomic E-state index is -4.16. The molecule has 0 aliphatic heterocycles. The molecule has 30 heavy (non-hydrogen) atoms. The maximum absolute atomic E-state index is 13.4. The quantitative estimate of drug-likeness (QED) is 0.666. The molecule has 5 nitrogen and oxygen atoms in total. The molecule has 3 aromatic rings. The van der Waals surface area contributed by atoms with E-state index in [0.29, 0.717) is 18.7 Å². The fourth-order valence-corrected chi connectivity index (χ4v) is 4.49. The summed E-state index contributed by atoms with van der Waals surface area (Å²) in [7, 11) is 0. The Morgan fingerprint density at radius 1 is 1.10 bits per heavy atom. The number of alkyl halides is 3. The number of halogens is 3. The van der Waals surface area contributed by atoms with Gasteiger partial charge in [0, 0.05) is 23.7 Å². The van der Waals surface area contributed by atoms with E-state index in [-0.39, 0.29) is 18.8 Å². The number of nitrogens with zero attached hydrogens (tertiary/aromatic N) is 4. The third-order valence-corrected chi connectivity index (χ3v) is 5.96. The van der Waals surface area contributed by atoms with Gasteiger partial charge in [-0.05, 0) is 42.5 Å². The lowest BCUT2D eigenvalue weighted by molar-refractivity contribution is -0.177. The van der Waals surface area contributed by atoms with Crippen molar-refractivity contribution in [2.24, 2.45) is 5.92 Å². The molecule has 8 heteroatoms. The Labute approximate surface area is 171 Å². The summed E-state index contributed by atoms with van der Waals surface area (Å²) in [6, 6.07) is 11.8. The monoisotopic (exact) mass is 411 g/mol. The highest BCUT2D eigenvalue weighted by Crippen LogP contribution is 2.42. The number of aromatic amines is 1. The molecule has 0 amide bonds. The van der Waals surface area contributed by atoms with Crippen molar-refractivity contribution in [1.29, 1.82) is 0 Å². The van der Waals surface area contributed by atoms with Gasteiger partial charge in [-0.3, -0.25) is 0 Å². The fraction of sp³-hybridized carbons (Fsp3) is 0.318. The van der Waals surface area contributed by atoms with Gasteiger partial charge in [-0.2, -0.15) is 18.4 Å². The smallest absolute Gasteiger partial charge is 0.317 e. The largest absolute Gasteiger partial charge is 0.392 e. The van der Waals surface area contributed by atoms with Crippen LogP contribution >= 0.6 is 0 Å². The molecule has 2 atom stereocenters. The van der Waals surface area contributed by atoms with Gasteiger partial charge in [0.25, 0.3) is 0 Å². The van der Waals surface area contributed by atoms with Crippen LogP contribution in [0.5, 0.6) is 0 Å². The number of hydrogen-bond donors (Lipinski definition) is 1. The summed E-state index contributed by atoms with van der Waals surface area (Å²) in [4.78, 5) is 0. The van der Waals surface area contributed by atoms with Crippen molar-refractivity contribution in [3.63, 3.8) is 0 Å². The van der Waals surface area contributed by atoms with Crippen LogP contribution in [0.4, 0.5) is 13.2 Å². The van der Waals surface area contributed by atoms with Crippen molar-refractivity contribution < 1.29 is 13.2 Å². The van der Waals surface area contributed by atoms with Crippen LogP contribution in [-0.4, -0.2) is 31.4 Å². The summed E-state index contributed by atoms with van der Waals surface area (Å²) in [6.07, 6.45) is 3.05. The summed E-state index contributed by atoms with van der Waals surface area (Å²) in [6.45, 7) is 0. The number of aromatic nitrogens is 5. The van der Waals surface area contributed by atoms with Gasteiger partial charge >= 0.3 is 6.18 Å². The molecule has 154 valence electrons. The highest BCUT2D eigenvalue weighted by atomic mass is 19.4. The van der Waals surface area contributed by atoms with Gasteiger partial charge in [-0.15, -0.1) is 10.2 Å². The highest BCUT2D eigenvalue weighted by molar-refractivity contribution is 5.70. The van der Waals surface area contributed by atoms with Crippen LogP contribution in [0, 0.1) is 5.92 Å². The maximum Gasteiger partial charge on any atom is 0.392 e. The molecule has 2 aliphatic carbocycles. The highest BCUT2D eigenvalue weighted by Gasteiger charge is 2.42. The number of hydrogen-bond acceptors (Lipinski definition) is 3. The molecular formula is C22H20F3N5. The van der Waals surface area contributed by atoms with E-state index in [9.17, 15) is 13.2 Å². The molecular weight excluding hydrogens is 391 g/mol. The minimum absolute atomic E-state index is 0.0306. The SMILES string of the molecule is FC(F)(F)C1CCc2c(cc(-c3ccccc3)n2C2=CC=CC(c3nn[nH]n3)C2)C1. The Hall–Kier alpha value is -3.16. The molecule has 2 aliphatic rings. The summed E-state index contributed by atoms with van der Waals surface area (Å²) >= 11 is 0. The lowest BCUT2D eigenvalue weighted by atomic mass is 9.87. The Morgan fingerprint density at radius 2 is 1.93 bits per heavy atom. The predicted molar refractivity (Wildman–Crippen MR) is 106 cm³/mol. The zero-order chi connectivity index (χ0) is 20.7. The van der Waals surface area contributed by atoms with Crippen LogP contribution < -0.4 is 0 Å². The second-order valence-corrected chi connectivity index (χ2v) is 7.81. The molecule has 0 fully saturated rings. The standard InChI is InChI=1S/C22H20F3N5/c23-22(24,25)17-9-10-19-16(11-17)13-20(14-5-2-1-3-6-14)30(19)18-8-4-7-15(12-18)21-26-28-29-27-21/h1-8,13,15,17H,9-12H2,(H,26,27,28,29). The fourth-order valence-electron chi connectivity index (χ4n) is 4.49. The molecule has 2 heterocycles. The first-order valence-electron chi connectivity index (χ1n) is 9.97. The van der Waals surface area contributed by atoms with Crippen LogP contribution in [0.25, 0.3) is 17.0 Å². The number of nitrogens with one attached hydrogen (secondary N) is 1. The van der Waals surface area contributed by atoms with E-state index in [1.807, 2.05) is 54.6 Å². The summed E-state index contributed by atoms with van der Waals surface area (Å²) in [5.74, 6) is -0.704. The van der Waals surface area contributed by atoms with E-state index < -0.39 is 12.1 Å². The normalized spacial score (nSPS) is 21.4. The molecule has 0 saturated heterocycles. The van der Waals surface area contributed by atoms with E-state index in [1.54, 1.807) is 0 Å². The first-order valence-corrected chi connectivity index (χ1v) is 9.97. The Bertz CT molecular complexity index is 1090. The van der Waals surface area contributed by atoms with E-state index in [4.69, 9.17) is 0 Å². The number of fused-ring (bicyclic) bond motifs is 1. The number of rotatable bonds is 3. The van der Waals surface area contributed by atoms with Gasteiger partial charge in [0.1, 0.15) is 0 Å². The van der Waals surface area contributed by atoms with E-state index in [1.165, 1.54) is 0 Å². The Kier molecular flexibility index (Phi) is 4.56. The second-order valence-electron chi connectivity index (χ2n) is 7.81. The molecule has 1 N–H and O–H groups in total. The van der Waals surface area contributed by atoms with Gasteiger partial charge < -0.3 is 4.57 Å². The van der Waals surface area contributed by atoms with Crippen LogP contribution in [0.15, 0.2) is 54.6 Å². The lowest BCUT2D eigenvalue weighted by Gasteiger charge is -2.27. The molecule has 1 aromatic carbocycles.